The van der Waals surface area contributed by atoms with Gasteiger partial charge in [-0.3, -0.25) is 4.79 Å². The number of hydrogen-bond donors (Lipinski definition) is 1. The lowest BCUT2D eigenvalue weighted by molar-refractivity contribution is -0.309. The first kappa shape index (κ1) is 20.5. The standard InChI is InChI=1S/C20H25NO6/c1-5-11(3)18(20(24)25)21-19(23)12(4)26-14-7-8-15-13(6-2)9-17(22)27-16(15)10-14/h7-12,18H,5-6H2,1-4H3,(H,21,23)(H,24,25)/p-1/t11-,12+,18-/m0/s1. The molecule has 1 amide bonds. The molecule has 0 saturated heterocycles. The van der Waals surface area contributed by atoms with Gasteiger partial charge < -0.3 is 24.4 Å². The van der Waals surface area contributed by atoms with Gasteiger partial charge in [0.25, 0.3) is 5.91 Å². The predicted molar refractivity (Wildman–Crippen MR) is 98.3 cm³/mol. The van der Waals surface area contributed by atoms with Crippen LogP contribution in [0.25, 0.3) is 11.0 Å². The van der Waals surface area contributed by atoms with Crippen molar-refractivity contribution in [1.29, 1.82) is 0 Å². The number of aliphatic carboxylic acids is 1. The first-order valence-electron chi connectivity index (χ1n) is 9.01. The van der Waals surface area contributed by atoms with E-state index >= 15 is 0 Å². The van der Waals surface area contributed by atoms with E-state index in [1.54, 1.807) is 25.1 Å². The zero-order valence-corrected chi connectivity index (χ0v) is 15.9. The zero-order chi connectivity index (χ0) is 20.1. The molecular weight excluding hydrogens is 350 g/mol. The summed E-state index contributed by atoms with van der Waals surface area (Å²) >= 11 is 0. The molecule has 0 unspecified atom stereocenters. The van der Waals surface area contributed by atoms with Gasteiger partial charge in [0.1, 0.15) is 11.3 Å². The van der Waals surface area contributed by atoms with E-state index in [0.717, 1.165) is 10.9 Å². The van der Waals surface area contributed by atoms with E-state index in [2.05, 4.69) is 5.32 Å². The molecular formula is C20H24NO6-. The maximum Gasteiger partial charge on any atom is 0.336 e. The van der Waals surface area contributed by atoms with Crippen LogP contribution < -0.4 is 20.8 Å². The minimum absolute atomic E-state index is 0.270. The first-order valence-corrected chi connectivity index (χ1v) is 9.01. The molecule has 0 aliphatic carbocycles. The van der Waals surface area contributed by atoms with Gasteiger partial charge in [0.15, 0.2) is 6.10 Å². The number of rotatable bonds is 8. The molecule has 146 valence electrons. The lowest BCUT2D eigenvalue weighted by Gasteiger charge is -2.26. The van der Waals surface area contributed by atoms with Crippen LogP contribution in [0, 0.1) is 5.92 Å². The molecule has 7 nitrogen and oxygen atoms in total. The topological polar surface area (TPSA) is 109 Å². The summed E-state index contributed by atoms with van der Waals surface area (Å²) in [5.74, 6) is -1.82. The number of carboxylic acids is 1. The fourth-order valence-corrected chi connectivity index (χ4v) is 2.77. The highest BCUT2D eigenvalue weighted by atomic mass is 16.5. The summed E-state index contributed by atoms with van der Waals surface area (Å²) in [7, 11) is 0. The van der Waals surface area contributed by atoms with E-state index in [1.165, 1.54) is 13.0 Å². The Hall–Kier alpha value is -2.83. The molecule has 0 radical (unpaired) electrons. The van der Waals surface area contributed by atoms with Crippen molar-refractivity contribution in [2.75, 3.05) is 0 Å². The van der Waals surface area contributed by atoms with Crippen LogP contribution >= 0.6 is 0 Å². The molecule has 2 rings (SSSR count). The highest BCUT2D eigenvalue weighted by molar-refractivity contribution is 5.86. The van der Waals surface area contributed by atoms with Gasteiger partial charge in [0.2, 0.25) is 0 Å². The van der Waals surface area contributed by atoms with E-state index in [-0.39, 0.29) is 5.92 Å². The smallest absolute Gasteiger partial charge is 0.336 e. The summed E-state index contributed by atoms with van der Waals surface area (Å²) in [6.07, 6.45) is 0.327. The monoisotopic (exact) mass is 374 g/mol. The highest BCUT2D eigenvalue weighted by Gasteiger charge is 2.23. The Balaban J connectivity index is 2.17. The molecule has 0 aliphatic heterocycles. The average molecular weight is 374 g/mol. The van der Waals surface area contributed by atoms with Crippen molar-refractivity contribution >= 4 is 22.8 Å². The fraction of sp³-hybridized carbons (Fsp3) is 0.450. The second-order valence-electron chi connectivity index (χ2n) is 6.55. The summed E-state index contributed by atoms with van der Waals surface area (Å²) in [5.41, 5.74) is 0.785. The lowest BCUT2D eigenvalue weighted by atomic mass is 9.99. The third kappa shape index (κ3) is 4.87. The summed E-state index contributed by atoms with van der Waals surface area (Å²) in [4.78, 5) is 35.2. The van der Waals surface area contributed by atoms with Crippen molar-refractivity contribution in [1.82, 2.24) is 5.32 Å². The maximum absolute atomic E-state index is 12.3. The van der Waals surface area contributed by atoms with E-state index in [0.29, 0.717) is 24.2 Å². The van der Waals surface area contributed by atoms with E-state index in [1.807, 2.05) is 13.8 Å². The summed E-state index contributed by atoms with van der Waals surface area (Å²) in [5, 5.41) is 14.5. The fourth-order valence-electron chi connectivity index (χ4n) is 2.77. The Bertz CT molecular complexity index is 888. The Labute approximate surface area is 157 Å². The SMILES string of the molecule is CCc1cc(=O)oc2cc(O[C@H](C)C(=O)N[C@H](C(=O)[O-])[C@@H](C)CC)ccc12. The van der Waals surface area contributed by atoms with Crippen LogP contribution in [-0.2, 0) is 16.0 Å². The molecule has 3 atom stereocenters. The first-order chi connectivity index (χ1) is 12.8. The predicted octanol–water partition coefficient (Wildman–Crippen LogP) is 1.40. The van der Waals surface area contributed by atoms with Crippen molar-refractivity contribution in [2.24, 2.45) is 5.92 Å². The largest absolute Gasteiger partial charge is 0.548 e. The number of carbonyl (C=O) groups is 2. The minimum Gasteiger partial charge on any atom is -0.548 e. The van der Waals surface area contributed by atoms with Gasteiger partial charge in [-0.2, -0.15) is 0 Å². The second-order valence-corrected chi connectivity index (χ2v) is 6.55. The van der Waals surface area contributed by atoms with Crippen LogP contribution in [0.2, 0.25) is 0 Å². The summed E-state index contributed by atoms with van der Waals surface area (Å²) < 4.78 is 10.8. The number of aryl methyl sites for hydroxylation is 1. The van der Waals surface area contributed by atoms with Gasteiger partial charge in [-0.15, -0.1) is 0 Å². The molecule has 27 heavy (non-hydrogen) atoms. The van der Waals surface area contributed by atoms with Crippen LogP contribution in [-0.4, -0.2) is 24.0 Å². The molecule has 2 aromatic rings. The van der Waals surface area contributed by atoms with Crippen molar-refractivity contribution in [3.8, 4) is 5.75 Å². The number of amides is 1. The normalized spacial score (nSPS) is 14.4. The van der Waals surface area contributed by atoms with Crippen LogP contribution in [0.5, 0.6) is 5.75 Å². The minimum atomic E-state index is -1.33. The molecule has 1 aromatic carbocycles. The number of nitrogens with one attached hydrogen (secondary N) is 1. The number of carboxylic acid groups (broad SMARTS) is 1. The summed E-state index contributed by atoms with van der Waals surface area (Å²) in [6.45, 7) is 7.01. The van der Waals surface area contributed by atoms with Crippen molar-refractivity contribution in [2.45, 2.75) is 52.7 Å². The molecule has 0 fully saturated rings. The van der Waals surface area contributed by atoms with Crippen LogP contribution in [0.15, 0.2) is 33.5 Å². The lowest BCUT2D eigenvalue weighted by Crippen LogP contribution is -2.54. The third-order valence-electron chi connectivity index (χ3n) is 4.63. The molecule has 1 aromatic heterocycles. The molecule has 0 bridgehead atoms. The number of ether oxygens (including phenoxy) is 1. The number of benzene rings is 1. The number of hydrogen-bond acceptors (Lipinski definition) is 6. The molecule has 1 N–H and O–H groups in total. The Morgan fingerprint density at radius 3 is 2.52 bits per heavy atom. The Morgan fingerprint density at radius 1 is 1.22 bits per heavy atom. The quantitative estimate of drug-likeness (QED) is 0.700. The molecule has 0 saturated carbocycles. The number of carbonyl (C=O) groups excluding carboxylic acids is 2. The van der Waals surface area contributed by atoms with E-state index < -0.39 is 29.6 Å². The van der Waals surface area contributed by atoms with Gasteiger partial charge >= 0.3 is 5.63 Å². The molecule has 1 heterocycles. The van der Waals surface area contributed by atoms with E-state index in [9.17, 15) is 19.5 Å². The molecule has 7 heteroatoms. The molecule has 0 aliphatic rings. The third-order valence-corrected chi connectivity index (χ3v) is 4.63. The van der Waals surface area contributed by atoms with Gasteiger partial charge in [0.05, 0.1) is 12.0 Å². The van der Waals surface area contributed by atoms with Crippen LogP contribution in [0.3, 0.4) is 0 Å². The van der Waals surface area contributed by atoms with Gasteiger partial charge in [-0.05, 0) is 37.0 Å². The van der Waals surface area contributed by atoms with Gasteiger partial charge in [-0.1, -0.05) is 27.2 Å². The summed E-state index contributed by atoms with van der Waals surface area (Å²) in [6, 6.07) is 5.35. The van der Waals surface area contributed by atoms with Crippen molar-refractivity contribution in [3.05, 3.63) is 40.2 Å². The highest BCUT2D eigenvalue weighted by Crippen LogP contribution is 2.23. The van der Waals surface area contributed by atoms with Crippen molar-refractivity contribution in [3.63, 3.8) is 0 Å². The van der Waals surface area contributed by atoms with Crippen LogP contribution in [0.4, 0.5) is 0 Å². The zero-order valence-electron chi connectivity index (χ0n) is 15.9. The van der Waals surface area contributed by atoms with Gasteiger partial charge in [-0.25, -0.2) is 4.79 Å². The Kier molecular flexibility index (Phi) is 6.60. The van der Waals surface area contributed by atoms with E-state index in [4.69, 9.17) is 9.15 Å². The second kappa shape index (κ2) is 8.70. The Morgan fingerprint density at radius 2 is 1.93 bits per heavy atom. The average Bonchev–Trinajstić information content (AvgIpc) is 2.63. The maximum atomic E-state index is 12.3. The van der Waals surface area contributed by atoms with Gasteiger partial charge in [0, 0.05) is 17.5 Å². The van der Waals surface area contributed by atoms with Crippen molar-refractivity contribution < 1.29 is 23.8 Å². The molecule has 0 spiro atoms. The number of fused-ring (bicyclic) bond motifs is 1. The van der Waals surface area contributed by atoms with Crippen LogP contribution in [0.1, 0.15) is 39.7 Å².